The van der Waals surface area contributed by atoms with Crippen molar-refractivity contribution in [2.75, 3.05) is 19.8 Å². The molecule has 1 unspecified atom stereocenters. The zero-order chi connectivity index (χ0) is 42.1. The van der Waals surface area contributed by atoms with E-state index in [0.29, 0.717) is 19.4 Å². The first-order valence-corrected chi connectivity index (χ1v) is 23.8. The van der Waals surface area contributed by atoms with Crippen LogP contribution in [0.2, 0.25) is 0 Å². The molecule has 0 spiro atoms. The summed E-state index contributed by atoms with van der Waals surface area (Å²) in [5, 5.41) is 0. The zero-order valence-electron chi connectivity index (χ0n) is 37.8. The van der Waals surface area contributed by atoms with Gasteiger partial charge in [-0.05, 0) is 96.3 Å². The number of carbonyl (C=O) groups excluding carboxylic acids is 2. The topological polar surface area (TPSA) is 61.8 Å². The summed E-state index contributed by atoms with van der Waals surface area (Å²) in [6, 6.07) is 0. The van der Waals surface area contributed by atoms with Gasteiger partial charge in [0.1, 0.15) is 6.61 Å². The average molecular weight is 805 g/mol. The third-order valence-electron chi connectivity index (χ3n) is 9.62. The van der Waals surface area contributed by atoms with Crippen LogP contribution in [0.5, 0.6) is 0 Å². The highest BCUT2D eigenvalue weighted by Gasteiger charge is 2.17. The number of rotatable bonds is 42. The van der Waals surface area contributed by atoms with Crippen molar-refractivity contribution in [2.45, 2.75) is 207 Å². The van der Waals surface area contributed by atoms with E-state index < -0.39 is 6.10 Å². The second-order valence-electron chi connectivity index (χ2n) is 15.3. The predicted molar refractivity (Wildman–Crippen MR) is 251 cm³/mol. The fraction of sp³-hybridized carbons (Fsp3) is 0.660. The van der Waals surface area contributed by atoms with Crippen molar-refractivity contribution in [3.05, 3.63) is 97.2 Å². The van der Waals surface area contributed by atoms with E-state index in [0.717, 1.165) is 109 Å². The van der Waals surface area contributed by atoms with Gasteiger partial charge in [-0.3, -0.25) is 9.59 Å². The fourth-order valence-corrected chi connectivity index (χ4v) is 6.14. The van der Waals surface area contributed by atoms with Crippen LogP contribution in [-0.2, 0) is 23.8 Å². The normalized spacial score (nSPS) is 13.1. The van der Waals surface area contributed by atoms with Crippen LogP contribution in [0.15, 0.2) is 97.2 Å². The second-order valence-corrected chi connectivity index (χ2v) is 15.3. The Morgan fingerprint density at radius 3 is 1.26 bits per heavy atom. The van der Waals surface area contributed by atoms with Gasteiger partial charge >= 0.3 is 11.9 Å². The van der Waals surface area contributed by atoms with Crippen molar-refractivity contribution < 1.29 is 23.8 Å². The van der Waals surface area contributed by atoms with E-state index in [1.165, 1.54) is 57.8 Å². The van der Waals surface area contributed by atoms with Gasteiger partial charge in [-0.2, -0.15) is 0 Å². The molecule has 0 N–H and O–H groups in total. The van der Waals surface area contributed by atoms with E-state index in [1.807, 2.05) is 0 Å². The molecule has 0 saturated heterocycles. The molecule has 0 saturated carbocycles. The van der Waals surface area contributed by atoms with Crippen molar-refractivity contribution >= 4 is 11.9 Å². The molecule has 0 fully saturated rings. The largest absolute Gasteiger partial charge is 0.462 e. The van der Waals surface area contributed by atoms with Gasteiger partial charge in [-0.15, -0.1) is 0 Å². The number of carbonyl (C=O) groups is 2. The maximum absolute atomic E-state index is 12.6. The minimum absolute atomic E-state index is 0.0597. The molecule has 330 valence electrons. The Hall–Kier alpha value is -3.18. The van der Waals surface area contributed by atoms with Crippen LogP contribution in [0.3, 0.4) is 0 Å². The number of esters is 2. The summed E-state index contributed by atoms with van der Waals surface area (Å²) in [4.78, 5) is 25.1. The molecule has 0 heterocycles. The Balaban J connectivity index is 4.13. The van der Waals surface area contributed by atoms with E-state index in [9.17, 15) is 9.59 Å². The van der Waals surface area contributed by atoms with Crippen LogP contribution in [0.4, 0.5) is 0 Å². The van der Waals surface area contributed by atoms with Crippen molar-refractivity contribution in [1.29, 1.82) is 0 Å². The lowest BCUT2D eigenvalue weighted by atomic mass is 10.1. The fourth-order valence-electron chi connectivity index (χ4n) is 6.14. The molecule has 5 nitrogen and oxygen atoms in total. The molecule has 0 amide bonds. The highest BCUT2D eigenvalue weighted by molar-refractivity contribution is 5.70. The lowest BCUT2D eigenvalue weighted by Gasteiger charge is -2.18. The van der Waals surface area contributed by atoms with Crippen LogP contribution < -0.4 is 0 Å². The summed E-state index contributed by atoms with van der Waals surface area (Å²) in [5.41, 5.74) is 0. The summed E-state index contributed by atoms with van der Waals surface area (Å²) in [5.74, 6) is -0.457. The minimum atomic E-state index is -0.554. The van der Waals surface area contributed by atoms with E-state index in [1.54, 1.807) is 0 Å². The summed E-state index contributed by atoms with van der Waals surface area (Å²) in [6.07, 6.45) is 64.4. The minimum Gasteiger partial charge on any atom is -0.462 e. The zero-order valence-corrected chi connectivity index (χ0v) is 37.8. The Morgan fingerprint density at radius 2 is 0.776 bits per heavy atom. The summed E-state index contributed by atoms with van der Waals surface area (Å²) in [6.45, 7) is 7.47. The number of ether oxygens (including phenoxy) is 3. The van der Waals surface area contributed by atoms with E-state index in [2.05, 4.69) is 118 Å². The van der Waals surface area contributed by atoms with Gasteiger partial charge in [-0.25, -0.2) is 0 Å². The van der Waals surface area contributed by atoms with E-state index >= 15 is 0 Å². The molecule has 1 atom stereocenters. The molecular formula is C53H88O5. The molecule has 0 aromatic rings. The lowest BCUT2D eigenvalue weighted by Crippen LogP contribution is -2.30. The SMILES string of the molecule is CC/C=C\C/C=C\C/C=C\C/C=C\C/C=C\CCCCCC(=O)OCC(COCCCCCCCCCC/C=C\C/C=C\C/C=C\CC)OC(=O)CCCCCCC. The van der Waals surface area contributed by atoms with Gasteiger partial charge in [0.2, 0.25) is 0 Å². The van der Waals surface area contributed by atoms with Gasteiger partial charge < -0.3 is 14.2 Å². The highest BCUT2D eigenvalue weighted by Crippen LogP contribution is 2.12. The molecular weight excluding hydrogens is 717 g/mol. The van der Waals surface area contributed by atoms with Gasteiger partial charge in [-0.1, -0.05) is 189 Å². The molecule has 5 heteroatoms. The number of hydrogen-bond donors (Lipinski definition) is 0. The van der Waals surface area contributed by atoms with Crippen molar-refractivity contribution in [3.63, 3.8) is 0 Å². The third kappa shape index (κ3) is 45.5. The molecule has 0 rings (SSSR count). The van der Waals surface area contributed by atoms with E-state index in [4.69, 9.17) is 14.2 Å². The van der Waals surface area contributed by atoms with Crippen LogP contribution in [-0.4, -0.2) is 37.9 Å². The van der Waals surface area contributed by atoms with Crippen LogP contribution in [0, 0.1) is 0 Å². The van der Waals surface area contributed by atoms with Crippen molar-refractivity contribution in [1.82, 2.24) is 0 Å². The van der Waals surface area contributed by atoms with Crippen molar-refractivity contribution in [2.24, 2.45) is 0 Å². The molecule has 0 aromatic carbocycles. The number of unbranched alkanes of at least 4 members (excludes halogenated alkanes) is 15. The smallest absolute Gasteiger partial charge is 0.306 e. The summed E-state index contributed by atoms with van der Waals surface area (Å²) < 4.78 is 17.2. The van der Waals surface area contributed by atoms with Gasteiger partial charge in [0.05, 0.1) is 6.61 Å². The molecule has 0 aliphatic rings. The number of hydrogen-bond acceptors (Lipinski definition) is 5. The molecule has 0 aliphatic heterocycles. The maximum atomic E-state index is 12.6. The van der Waals surface area contributed by atoms with Crippen LogP contribution in [0.25, 0.3) is 0 Å². The second kappa shape index (κ2) is 48.2. The molecule has 0 radical (unpaired) electrons. The third-order valence-corrected chi connectivity index (χ3v) is 9.62. The summed E-state index contributed by atoms with van der Waals surface area (Å²) >= 11 is 0. The Morgan fingerprint density at radius 1 is 0.397 bits per heavy atom. The first-order valence-electron chi connectivity index (χ1n) is 23.8. The Bertz CT molecular complexity index is 1140. The van der Waals surface area contributed by atoms with Gasteiger partial charge in [0.25, 0.3) is 0 Å². The standard InChI is InChI=1S/C53H88O5/c1-4-7-10-13-15-17-19-21-23-25-27-28-30-32-34-36-38-41-43-46-52(54)57-50-51(58-53(55)47-44-40-12-9-6-3)49-56-48-45-42-39-37-35-33-31-29-26-24-22-20-18-16-14-11-8-5-2/h7-8,10-11,15-18,21-24,27-28,32,34,51H,4-6,9,12-14,19-20,25-26,29-31,33,35-50H2,1-3H3/b10-7-,11-8-,17-15-,18-16-,23-21-,24-22-,28-27-,34-32-. The number of allylic oxidation sites excluding steroid dienone is 16. The monoisotopic (exact) mass is 805 g/mol. The van der Waals surface area contributed by atoms with Crippen molar-refractivity contribution in [3.8, 4) is 0 Å². The quantitative estimate of drug-likeness (QED) is 0.0349. The molecule has 0 aliphatic carbocycles. The van der Waals surface area contributed by atoms with Gasteiger partial charge in [0.15, 0.2) is 6.10 Å². The Kier molecular flexibility index (Phi) is 45.5. The first kappa shape index (κ1) is 54.8. The maximum Gasteiger partial charge on any atom is 0.306 e. The predicted octanol–water partition coefficient (Wildman–Crippen LogP) is 15.9. The average Bonchev–Trinajstić information content (AvgIpc) is 3.22. The molecule has 0 bridgehead atoms. The molecule has 58 heavy (non-hydrogen) atoms. The summed E-state index contributed by atoms with van der Waals surface area (Å²) in [7, 11) is 0. The first-order chi connectivity index (χ1) is 28.6. The lowest BCUT2D eigenvalue weighted by molar-refractivity contribution is -0.163. The van der Waals surface area contributed by atoms with Crippen LogP contribution in [0.1, 0.15) is 201 Å². The molecule has 0 aromatic heterocycles. The highest BCUT2D eigenvalue weighted by atomic mass is 16.6. The Labute approximate surface area is 358 Å². The van der Waals surface area contributed by atoms with E-state index in [-0.39, 0.29) is 25.2 Å². The van der Waals surface area contributed by atoms with Crippen LogP contribution >= 0.6 is 0 Å². The van der Waals surface area contributed by atoms with Gasteiger partial charge in [0, 0.05) is 19.4 Å².